The Labute approximate surface area is 157 Å². The number of guanidine groups is 1. The Morgan fingerprint density at radius 1 is 1.37 bits per heavy atom. The molecule has 1 fully saturated rings. The number of rotatable bonds is 10. The Morgan fingerprint density at radius 3 is 2.74 bits per heavy atom. The van der Waals surface area contributed by atoms with E-state index >= 15 is 0 Å². The zero-order valence-corrected chi connectivity index (χ0v) is 15.8. The molecule has 1 heterocycles. The first kappa shape index (κ1) is 21.3. The number of alkyl halides is 3. The molecule has 1 aromatic heterocycles. The van der Waals surface area contributed by atoms with Gasteiger partial charge in [0.25, 0.3) is 0 Å². The fourth-order valence-electron chi connectivity index (χ4n) is 2.22. The van der Waals surface area contributed by atoms with E-state index in [0.717, 1.165) is 37.1 Å². The normalized spacial score (nSPS) is 14.9. The molecule has 152 valence electrons. The van der Waals surface area contributed by atoms with E-state index in [1.165, 1.54) is 25.1 Å². The number of aromatic nitrogens is 1. The van der Waals surface area contributed by atoms with E-state index in [-0.39, 0.29) is 5.88 Å². The van der Waals surface area contributed by atoms with Crippen LogP contribution in [-0.2, 0) is 11.3 Å². The van der Waals surface area contributed by atoms with E-state index in [4.69, 9.17) is 4.74 Å². The fourth-order valence-corrected chi connectivity index (χ4v) is 2.22. The molecular weight excluding hydrogens is 361 g/mol. The van der Waals surface area contributed by atoms with Crippen LogP contribution < -0.4 is 10.1 Å². The molecule has 0 radical (unpaired) electrons. The summed E-state index contributed by atoms with van der Waals surface area (Å²) in [5.41, 5.74) is 0.781. The number of hydrogen-bond acceptors (Lipinski definition) is 4. The lowest BCUT2D eigenvalue weighted by atomic mass is 10.3. The quantitative estimate of drug-likeness (QED) is 0.379. The zero-order valence-electron chi connectivity index (χ0n) is 15.8. The summed E-state index contributed by atoms with van der Waals surface area (Å²) in [7, 11) is 1.94. The standard InChI is InChI=1S/C18H27F3N4O2/c1-3-22-17(25(2)8-9-26-12-14-4-5-14)24-11-15-6-7-16(23-10-15)27-13-18(19,20)21/h6-7,10,14H,3-5,8-9,11-13H2,1-2H3,(H,22,24). The molecule has 0 unspecified atom stereocenters. The Morgan fingerprint density at radius 2 is 2.15 bits per heavy atom. The van der Waals surface area contributed by atoms with Gasteiger partial charge in [0.1, 0.15) is 0 Å². The smallest absolute Gasteiger partial charge is 0.422 e. The average molecular weight is 388 g/mol. The summed E-state index contributed by atoms with van der Waals surface area (Å²) >= 11 is 0. The van der Waals surface area contributed by atoms with Crippen LogP contribution in [0.3, 0.4) is 0 Å². The molecule has 0 aliphatic heterocycles. The van der Waals surface area contributed by atoms with Gasteiger partial charge in [0.2, 0.25) is 5.88 Å². The zero-order chi connectivity index (χ0) is 19.7. The Kier molecular flexibility index (Phi) is 8.15. The van der Waals surface area contributed by atoms with Gasteiger partial charge in [-0.05, 0) is 31.2 Å². The lowest BCUT2D eigenvalue weighted by Crippen LogP contribution is -2.40. The molecule has 0 saturated heterocycles. The van der Waals surface area contributed by atoms with Crippen LogP contribution in [0.1, 0.15) is 25.3 Å². The van der Waals surface area contributed by atoms with E-state index in [2.05, 4.69) is 20.0 Å². The highest BCUT2D eigenvalue weighted by Gasteiger charge is 2.28. The van der Waals surface area contributed by atoms with Gasteiger partial charge in [-0.2, -0.15) is 13.2 Å². The molecule has 2 rings (SSSR count). The van der Waals surface area contributed by atoms with Crippen molar-refractivity contribution in [2.24, 2.45) is 10.9 Å². The molecule has 1 aliphatic carbocycles. The topological polar surface area (TPSA) is 59.0 Å². The van der Waals surface area contributed by atoms with Crippen molar-refractivity contribution in [3.8, 4) is 5.88 Å². The summed E-state index contributed by atoms with van der Waals surface area (Å²) in [6, 6.07) is 3.07. The van der Waals surface area contributed by atoms with Crippen LogP contribution in [0.15, 0.2) is 23.3 Å². The number of nitrogens with zero attached hydrogens (tertiary/aromatic N) is 3. The molecule has 0 aromatic carbocycles. The molecule has 9 heteroatoms. The van der Waals surface area contributed by atoms with Gasteiger partial charge in [-0.25, -0.2) is 9.98 Å². The van der Waals surface area contributed by atoms with Crippen LogP contribution in [0.25, 0.3) is 0 Å². The van der Waals surface area contributed by atoms with Crippen LogP contribution >= 0.6 is 0 Å². The highest BCUT2D eigenvalue weighted by atomic mass is 19.4. The molecule has 27 heavy (non-hydrogen) atoms. The van der Waals surface area contributed by atoms with Crippen LogP contribution in [0.5, 0.6) is 5.88 Å². The van der Waals surface area contributed by atoms with Gasteiger partial charge in [0, 0.05) is 39.0 Å². The van der Waals surface area contributed by atoms with Gasteiger partial charge in [0.15, 0.2) is 12.6 Å². The molecule has 6 nitrogen and oxygen atoms in total. The third-order valence-corrected chi connectivity index (χ3v) is 3.91. The van der Waals surface area contributed by atoms with Crippen molar-refractivity contribution in [3.05, 3.63) is 23.9 Å². The summed E-state index contributed by atoms with van der Waals surface area (Å²) in [5, 5.41) is 3.21. The largest absolute Gasteiger partial charge is 0.468 e. The van der Waals surface area contributed by atoms with E-state index in [1.54, 1.807) is 6.07 Å². The molecule has 1 saturated carbocycles. The fraction of sp³-hybridized carbons (Fsp3) is 0.667. The molecular formula is C18H27F3N4O2. The molecule has 1 aliphatic rings. The van der Waals surface area contributed by atoms with Crippen molar-refractivity contribution in [2.45, 2.75) is 32.5 Å². The third kappa shape index (κ3) is 8.94. The first-order chi connectivity index (χ1) is 12.9. The molecule has 1 N–H and O–H groups in total. The Bertz CT molecular complexity index is 589. The predicted octanol–water partition coefficient (Wildman–Crippen LogP) is 2.85. The van der Waals surface area contributed by atoms with Crippen molar-refractivity contribution < 1.29 is 22.6 Å². The number of pyridine rings is 1. The minimum atomic E-state index is -4.38. The van der Waals surface area contributed by atoms with E-state index in [1.807, 2.05) is 18.9 Å². The van der Waals surface area contributed by atoms with Crippen molar-refractivity contribution in [3.63, 3.8) is 0 Å². The number of nitrogens with one attached hydrogen (secondary N) is 1. The van der Waals surface area contributed by atoms with Gasteiger partial charge in [0.05, 0.1) is 13.2 Å². The van der Waals surface area contributed by atoms with Crippen molar-refractivity contribution in [1.29, 1.82) is 0 Å². The second-order valence-electron chi connectivity index (χ2n) is 6.52. The van der Waals surface area contributed by atoms with E-state index in [9.17, 15) is 13.2 Å². The molecule has 0 amide bonds. The first-order valence-electron chi connectivity index (χ1n) is 9.09. The number of likely N-dealkylation sites (N-methyl/N-ethyl adjacent to an activating group) is 1. The molecule has 0 atom stereocenters. The van der Waals surface area contributed by atoms with Crippen LogP contribution in [0.2, 0.25) is 0 Å². The summed E-state index contributed by atoms with van der Waals surface area (Å²) in [5.74, 6) is 1.43. The second-order valence-corrected chi connectivity index (χ2v) is 6.52. The summed E-state index contributed by atoms with van der Waals surface area (Å²) in [6.07, 6.45) is -0.363. The first-order valence-corrected chi connectivity index (χ1v) is 9.09. The molecule has 1 aromatic rings. The van der Waals surface area contributed by atoms with Gasteiger partial charge < -0.3 is 19.7 Å². The second kappa shape index (κ2) is 10.3. The summed E-state index contributed by atoms with van der Waals surface area (Å²) in [6.45, 7) is 3.93. The third-order valence-electron chi connectivity index (χ3n) is 3.91. The minimum absolute atomic E-state index is 0.0584. The van der Waals surface area contributed by atoms with Crippen molar-refractivity contribution in [2.75, 3.05) is 40.0 Å². The van der Waals surface area contributed by atoms with Crippen LogP contribution in [0.4, 0.5) is 13.2 Å². The SMILES string of the molecule is CCNC(=NCc1ccc(OCC(F)(F)F)nc1)N(C)CCOCC1CC1. The van der Waals surface area contributed by atoms with Gasteiger partial charge >= 0.3 is 6.18 Å². The number of ether oxygens (including phenoxy) is 2. The maximum Gasteiger partial charge on any atom is 0.422 e. The Balaban J connectivity index is 1.81. The Hall–Kier alpha value is -2.03. The highest BCUT2D eigenvalue weighted by Crippen LogP contribution is 2.28. The maximum atomic E-state index is 12.1. The predicted molar refractivity (Wildman–Crippen MR) is 96.8 cm³/mol. The van der Waals surface area contributed by atoms with Crippen molar-refractivity contribution in [1.82, 2.24) is 15.2 Å². The van der Waals surface area contributed by atoms with Gasteiger partial charge in [-0.1, -0.05) is 6.07 Å². The number of hydrogen-bond donors (Lipinski definition) is 1. The summed E-state index contributed by atoms with van der Waals surface area (Å²) < 4.78 is 46.7. The van der Waals surface area contributed by atoms with Crippen LogP contribution in [-0.4, -0.2) is 62.0 Å². The van der Waals surface area contributed by atoms with E-state index in [0.29, 0.717) is 13.2 Å². The maximum absolute atomic E-state index is 12.1. The van der Waals surface area contributed by atoms with E-state index < -0.39 is 12.8 Å². The number of aliphatic imine (C=N–C) groups is 1. The van der Waals surface area contributed by atoms with Crippen molar-refractivity contribution >= 4 is 5.96 Å². The van der Waals surface area contributed by atoms with Gasteiger partial charge in [-0.3, -0.25) is 0 Å². The highest BCUT2D eigenvalue weighted by molar-refractivity contribution is 5.79. The minimum Gasteiger partial charge on any atom is -0.468 e. The lowest BCUT2D eigenvalue weighted by Gasteiger charge is -2.22. The molecule has 0 bridgehead atoms. The average Bonchev–Trinajstić information content (AvgIpc) is 3.45. The summed E-state index contributed by atoms with van der Waals surface area (Å²) in [4.78, 5) is 10.4. The van der Waals surface area contributed by atoms with Gasteiger partial charge in [-0.15, -0.1) is 0 Å². The number of halogens is 3. The van der Waals surface area contributed by atoms with Crippen LogP contribution in [0, 0.1) is 5.92 Å². The molecule has 0 spiro atoms. The monoisotopic (exact) mass is 388 g/mol. The lowest BCUT2D eigenvalue weighted by molar-refractivity contribution is -0.154.